The Hall–Kier alpha value is -2.42. The first-order valence-electron chi connectivity index (χ1n) is 8.28. The summed E-state index contributed by atoms with van der Waals surface area (Å²) in [4.78, 5) is 23.8. The van der Waals surface area contributed by atoms with Crippen LogP contribution in [0.1, 0.15) is 19.3 Å². The van der Waals surface area contributed by atoms with Crippen LogP contribution in [0.2, 0.25) is 0 Å². The first kappa shape index (κ1) is 18.4. The molecule has 9 heteroatoms. The van der Waals surface area contributed by atoms with Crippen LogP contribution in [-0.2, 0) is 19.6 Å². The van der Waals surface area contributed by atoms with E-state index in [9.17, 15) is 27.5 Å². The van der Waals surface area contributed by atoms with Crippen molar-refractivity contribution in [3.05, 3.63) is 36.2 Å². The Morgan fingerprint density at radius 3 is 2.50 bits per heavy atom. The second kappa shape index (κ2) is 7.06. The van der Waals surface area contributed by atoms with Crippen LogP contribution >= 0.6 is 0 Å². The fraction of sp³-hybridized carbons (Fsp3) is 0.412. The summed E-state index contributed by atoms with van der Waals surface area (Å²) in [6.45, 7) is 0.301. The maximum absolute atomic E-state index is 14.1. The number of benzene rings is 1. The normalized spacial score (nSPS) is 24.4. The average Bonchev–Trinajstić information content (AvgIpc) is 2.96. The van der Waals surface area contributed by atoms with E-state index in [1.54, 1.807) is 12.2 Å². The van der Waals surface area contributed by atoms with Crippen molar-refractivity contribution in [1.82, 2.24) is 0 Å². The highest BCUT2D eigenvalue weighted by molar-refractivity contribution is 7.93. The molecule has 2 atom stereocenters. The van der Waals surface area contributed by atoms with Crippen molar-refractivity contribution in [2.75, 3.05) is 21.9 Å². The van der Waals surface area contributed by atoms with Crippen LogP contribution in [0, 0.1) is 17.7 Å². The van der Waals surface area contributed by atoms with Crippen LogP contribution in [0.25, 0.3) is 0 Å². The summed E-state index contributed by atoms with van der Waals surface area (Å²) in [7, 11) is -3.43. The molecule has 1 aromatic rings. The Morgan fingerprint density at radius 1 is 1.19 bits per heavy atom. The molecule has 3 rings (SSSR count). The lowest BCUT2D eigenvalue weighted by Gasteiger charge is -2.24. The second-order valence-electron chi connectivity index (χ2n) is 6.39. The van der Waals surface area contributed by atoms with Gasteiger partial charge in [0, 0.05) is 6.54 Å². The summed E-state index contributed by atoms with van der Waals surface area (Å²) in [5.41, 5.74) is 0.116. The monoisotopic (exact) mass is 382 g/mol. The van der Waals surface area contributed by atoms with Gasteiger partial charge in [-0.1, -0.05) is 12.2 Å². The molecule has 26 heavy (non-hydrogen) atoms. The molecule has 140 valence electrons. The number of hydrogen-bond acceptors (Lipinski definition) is 4. The Balaban J connectivity index is 1.83. The zero-order valence-corrected chi connectivity index (χ0v) is 14.7. The summed E-state index contributed by atoms with van der Waals surface area (Å²) >= 11 is 0. The molecule has 1 amide bonds. The van der Waals surface area contributed by atoms with Gasteiger partial charge in [-0.15, -0.1) is 0 Å². The molecule has 0 aromatic heterocycles. The molecule has 0 spiro atoms. The van der Waals surface area contributed by atoms with Crippen LogP contribution in [-0.4, -0.2) is 37.7 Å². The minimum atomic E-state index is -3.43. The van der Waals surface area contributed by atoms with Crippen molar-refractivity contribution >= 4 is 33.3 Å². The number of amides is 1. The molecular weight excluding hydrogens is 363 g/mol. The molecule has 2 N–H and O–H groups in total. The summed E-state index contributed by atoms with van der Waals surface area (Å²) in [6, 6.07) is 3.70. The first-order chi connectivity index (χ1) is 12.3. The smallest absolute Gasteiger partial charge is 0.307 e. The Kier molecular flexibility index (Phi) is 4.99. The molecule has 1 aliphatic heterocycles. The third-order valence-corrected chi connectivity index (χ3v) is 6.55. The molecule has 0 radical (unpaired) electrons. The highest BCUT2D eigenvalue weighted by Gasteiger charge is 2.34. The molecule has 1 aromatic carbocycles. The quantitative estimate of drug-likeness (QED) is 0.775. The van der Waals surface area contributed by atoms with Crippen LogP contribution in [0.4, 0.5) is 15.8 Å². The van der Waals surface area contributed by atoms with Gasteiger partial charge in [0.25, 0.3) is 0 Å². The third-order valence-electron chi connectivity index (χ3n) is 4.68. The number of aliphatic carboxylic acids is 1. The number of carbonyl (C=O) groups is 2. The van der Waals surface area contributed by atoms with E-state index in [0.29, 0.717) is 13.0 Å². The van der Waals surface area contributed by atoms with Gasteiger partial charge >= 0.3 is 5.97 Å². The van der Waals surface area contributed by atoms with Crippen LogP contribution in [0.3, 0.4) is 0 Å². The second-order valence-corrected chi connectivity index (χ2v) is 8.40. The van der Waals surface area contributed by atoms with Crippen LogP contribution < -0.4 is 9.62 Å². The number of carboxylic acid groups (broad SMARTS) is 1. The number of carboxylic acids is 1. The molecule has 2 aliphatic rings. The summed E-state index contributed by atoms with van der Waals surface area (Å²) in [6.07, 6.45) is 4.41. The molecule has 0 bridgehead atoms. The first-order valence-corrected chi connectivity index (χ1v) is 9.89. The van der Waals surface area contributed by atoms with Crippen molar-refractivity contribution in [2.45, 2.75) is 19.3 Å². The number of carbonyl (C=O) groups excluding carboxylic acids is 1. The molecule has 1 fully saturated rings. The Morgan fingerprint density at radius 2 is 1.88 bits per heavy atom. The number of sulfonamides is 1. The number of hydrogen-bond donors (Lipinski definition) is 2. The summed E-state index contributed by atoms with van der Waals surface area (Å²) < 4.78 is 39.3. The molecule has 1 aliphatic carbocycles. The van der Waals surface area contributed by atoms with Gasteiger partial charge in [0.15, 0.2) is 0 Å². The summed E-state index contributed by atoms with van der Waals surface area (Å²) in [5.74, 6) is -4.03. The number of allylic oxidation sites excluding steroid dienone is 2. The molecule has 0 unspecified atom stereocenters. The van der Waals surface area contributed by atoms with Gasteiger partial charge in [-0.3, -0.25) is 13.9 Å². The van der Waals surface area contributed by atoms with Crippen LogP contribution in [0.15, 0.2) is 30.4 Å². The van der Waals surface area contributed by atoms with Gasteiger partial charge in [-0.25, -0.2) is 12.8 Å². The molecule has 1 heterocycles. The van der Waals surface area contributed by atoms with E-state index in [1.807, 2.05) is 0 Å². The van der Waals surface area contributed by atoms with Gasteiger partial charge < -0.3 is 10.4 Å². The fourth-order valence-electron chi connectivity index (χ4n) is 3.30. The lowest BCUT2D eigenvalue weighted by atomic mass is 9.82. The molecule has 1 saturated heterocycles. The van der Waals surface area contributed by atoms with E-state index < -0.39 is 39.6 Å². The zero-order valence-electron chi connectivity index (χ0n) is 13.9. The molecule has 0 saturated carbocycles. The van der Waals surface area contributed by atoms with Crippen molar-refractivity contribution in [3.63, 3.8) is 0 Å². The fourth-order valence-corrected chi connectivity index (χ4v) is 4.85. The lowest BCUT2D eigenvalue weighted by molar-refractivity contribution is -0.146. The van der Waals surface area contributed by atoms with Gasteiger partial charge in [-0.05, 0) is 37.5 Å². The van der Waals surface area contributed by atoms with Gasteiger partial charge in [0.1, 0.15) is 5.82 Å². The lowest BCUT2D eigenvalue weighted by Crippen LogP contribution is -2.35. The topological polar surface area (TPSA) is 104 Å². The van der Waals surface area contributed by atoms with Crippen molar-refractivity contribution in [1.29, 1.82) is 0 Å². The predicted molar refractivity (Wildman–Crippen MR) is 93.8 cm³/mol. The number of nitrogens with zero attached hydrogens (tertiary/aromatic N) is 1. The van der Waals surface area contributed by atoms with Gasteiger partial charge in [0.05, 0.1) is 29.0 Å². The number of rotatable bonds is 4. The zero-order chi connectivity index (χ0) is 18.9. The SMILES string of the molecule is O=C(O)[C@@H]1CC=CC[C@H]1C(=O)Nc1cc(N2CCCS2(=O)=O)ccc1F. The maximum atomic E-state index is 14.1. The van der Waals surface area contributed by atoms with Gasteiger partial charge in [0.2, 0.25) is 15.9 Å². The van der Waals surface area contributed by atoms with Crippen molar-refractivity contribution < 1.29 is 27.5 Å². The van der Waals surface area contributed by atoms with Crippen LogP contribution in [0.5, 0.6) is 0 Å². The highest BCUT2D eigenvalue weighted by atomic mass is 32.2. The van der Waals surface area contributed by atoms with Gasteiger partial charge in [-0.2, -0.15) is 0 Å². The average molecular weight is 382 g/mol. The number of nitrogens with one attached hydrogen (secondary N) is 1. The summed E-state index contributed by atoms with van der Waals surface area (Å²) in [5, 5.41) is 11.7. The molecule has 7 nitrogen and oxygen atoms in total. The van der Waals surface area contributed by atoms with Crippen molar-refractivity contribution in [2.24, 2.45) is 11.8 Å². The predicted octanol–water partition coefficient (Wildman–Crippen LogP) is 1.97. The number of halogens is 1. The van der Waals surface area contributed by atoms with E-state index in [1.165, 1.54) is 16.4 Å². The van der Waals surface area contributed by atoms with E-state index in [2.05, 4.69) is 5.32 Å². The third kappa shape index (κ3) is 3.57. The van der Waals surface area contributed by atoms with Crippen molar-refractivity contribution in [3.8, 4) is 0 Å². The minimum absolute atomic E-state index is 0.0285. The number of anilines is 2. The largest absolute Gasteiger partial charge is 0.481 e. The van der Waals surface area contributed by atoms with E-state index in [0.717, 1.165) is 6.07 Å². The van der Waals surface area contributed by atoms with E-state index in [4.69, 9.17) is 0 Å². The minimum Gasteiger partial charge on any atom is -0.481 e. The van der Waals surface area contributed by atoms with E-state index in [-0.39, 0.29) is 30.0 Å². The highest BCUT2D eigenvalue weighted by Crippen LogP contribution is 2.31. The molecular formula is C17H19FN2O5S. The standard InChI is InChI=1S/C17H19FN2O5S/c18-14-7-6-11(20-8-3-9-26(20,24)25)10-15(14)19-16(21)12-4-1-2-5-13(12)17(22)23/h1-2,6-7,10,12-13H,3-5,8-9H2,(H,19,21)(H,22,23)/t12-,13-/m1/s1. The Labute approximate surface area is 150 Å². The van der Waals surface area contributed by atoms with E-state index >= 15 is 0 Å². The Bertz CT molecular complexity index is 868. The maximum Gasteiger partial charge on any atom is 0.307 e.